The van der Waals surface area contributed by atoms with E-state index in [1.165, 1.54) is 0 Å². The molecule has 2 unspecified atom stereocenters. The molecule has 1 saturated heterocycles. The van der Waals surface area contributed by atoms with Gasteiger partial charge in [0, 0.05) is 0 Å². The highest BCUT2D eigenvalue weighted by Gasteiger charge is 2.28. The number of hydrogen-bond donors (Lipinski definition) is 2. The van der Waals surface area contributed by atoms with Crippen molar-refractivity contribution in [3.63, 3.8) is 0 Å². The molecule has 3 nitrogen and oxygen atoms in total. The van der Waals surface area contributed by atoms with E-state index in [4.69, 9.17) is 0 Å². The fraction of sp³-hybridized carbons (Fsp3) is 0.500. The SMILES string of the molecule is CN1CCCC(O)C1c1cccc(O)c1. The van der Waals surface area contributed by atoms with Crippen LogP contribution < -0.4 is 0 Å². The lowest BCUT2D eigenvalue weighted by atomic mass is 9.93. The maximum atomic E-state index is 9.96. The topological polar surface area (TPSA) is 43.7 Å². The van der Waals surface area contributed by atoms with Crippen LogP contribution in [0, 0.1) is 0 Å². The van der Waals surface area contributed by atoms with Crippen molar-refractivity contribution in [3.8, 4) is 5.75 Å². The number of likely N-dealkylation sites (tertiary alicyclic amines) is 1. The molecular weight excluding hydrogens is 190 g/mol. The molecule has 1 aliphatic heterocycles. The highest BCUT2D eigenvalue weighted by atomic mass is 16.3. The first-order chi connectivity index (χ1) is 7.18. The molecule has 0 amide bonds. The number of likely N-dealkylation sites (N-methyl/N-ethyl adjacent to an activating group) is 1. The van der Waals surface area contributed by atoms with E-state index in [-0.39, 0.29) is 17.9 Å². The third kappa shape index (κ3) is 2.13. The third-order valence-electron chi connectivity index (χ3n) is 3.06. The van der Waals surface area contributed by atoms with Gasteiger partial charge in [0.25, 0.3) is 0 Å². The summed E-state index contributed by atoms with van der Waals surface area (Å²) >= 11 is 0. The van der Waals surface area contributed by atoms with Crippen LogP contribution in [0.15, 0.2) is 24.3 Å². The first-order valence-corrected chi connectivity index (χ1v) is 5.36. The molecule has 1 aliphatic rings. The maximum Gasteiger partial charge on any atom is 0.115 e. The Morgan fingerprint density at radius 3 is 2.87 bits per heavy atom. The molecule has 82 valence electrons. The Bertz CT molecular complexity index is 330. The van der Waals surface area contributed by atoms with E-state index >= 15 is 0 Å². The number of aliphatic hydroxyl groups excluding tert-OH is 1. The van der Waals surface area contributed by atoms with E-state index < -0.39 is 0 Å². The second-order valence-corrected chi connectivity index (χ2v) is 4.23. The van der Waals surface area contributed by atoms with E-state index in [2.05, 4.69) is 4.90 Å². The fourth-order valence-corrected chi connectivity index (χ4v) is 2.33. The number of benzene rings is 1. The molecular formula is C12H17NO2. The Kier molecular flexibility index (Phi) is 2.93. The number of aliphatic hydroxyl groups is 1. The van der Waals surface area contributed by atoms with Crippen LogP contribution in [0.2, 0.25) is 0 Å². The Morgan fingerprint density at radius 1 is 1.40 bits per heavy atom. The number of rotatable bonds is 1. The van der Waals surface area contributed by atoms with Gasteiger partial charge in [-0.3, -0.25) is 4.90 Å². The fourth-order valence-electron chi connectivity index (χ4n) is 2.33. The van der Waals surface area contributed by atoms with E-state index in [0.29, 0.717) is 0 Å². The molecule has 0 bridgehead atoms. The Labute approximate surface area is 90.0 Å². The minimum atomic E-state index is -0.328. The summed E-state index contributed by atoms with van der Waals surface area (Å²) in [5.41, 5.74) is 0.990. The van der Waals surface area contributed by atoms with Crippen molar-refractivity contribution in [2.45, 2.75) is 25.0 Å². The second kappa shape index (κ2) is 4.21. The average Bonchev–Trinajstić information content (AvgIpc) is 2.17. The number of aromatic hydroxyl groups is 1. The summed E-state index contributed by atoms with van der Waals surface area (Å²) < 4.78 is 0. The minimum absolute atomic E-state index is 0.0193. The number of phenolic OH excluding ortho intramolecular Hbond substituents is 1. The molecule has 2 atom stereocenters. The quantitative estimate of drug-likeness (QED) is 0.733. The molecule has 0 aliphatic carbocycles. The van der Waals surface area contributed by atoms with Crippen LogP contribution in [0.4, 0.5) is 0 Å². The summed E-state index contributed by atoms with van der Waals surface area (Å²) in [7, 11) is 2.01. The molecule has 1 heterocycles. The van der Waals surface area contributed by atoms with Crippen molar-refractivity contribution in [3.05, 3.63) is 29.8 Å². The summed E-state index contributed by atoms with van der Waals surface area (Å²) in [5.74, 6) is 0.263. The van der Waals surface area contributed by atoms with Gasteiger partial charge in [0.2, 0.25) is 0 Å². The highest BCUT2D eigenvalue weighted by molar-refractivity contribution is 5.30. The Hall–Kier alpha value is -1.06. The van der Waals surface area contributed by atoms with E-state index in [1.54, 1.807) is 12.1 Å². The van der Waals surface area contributed by atoms with Gasteiger partial charge in [-0.25, -0.2) is 0 Å². The molecule has 1 fully saturated rings. The molecule has 0 radical (unpaired) electrons. The lowest BCUT2D eigenvalue weighted by Gasteiger charge is -2.36. The van der Waals surface area contributed by atoms with Gasteiger partial charge in [0.15, 0.2) is 0 Å². The van der Waals surface area contributed by atoms with Crippen LogP contribution >= 0.6 is 0 Å². The van der Waals surface area contributed by atoms with Crippen molar-refractivity contribution in [2.75, 3.05) is 13.6 Å². The smallest absolute Gasteiger partial charge is 0.115 e. The normalized spacial score (nSPS) is 27.9. The predicted molar refractivity (Wildman–Crippen MR) is 58.7 cm³/mol. The van der Waals surface area contributed by atoms with Gasteiger partial charge < -0.3 is 10.2 Å². The van der Waals surface area contributed by atoms with Crippen molar-refractivity contribution in [1.82, 2.24) is 4.90 Å². The summed E-state index contributed by atoms with van der Waals surface area (Å²) in [6.07, 6.45) is 1.54. The number of phenols is 1. The van der Waals surface area contributed by atoms with Gasteiger partial charge in [-0.2, -0.15) is 0 Å². The zero-order valence-electron chi connectivity index (χ0n) is 8.93. The molecule has 0 aromatic heterocycles. The van der Waals surface area contributed by atoms with Gasteiger partial charge in [0.05, 0.1) is 12.1 Å². The van der Waals surface area contributed by atoms with Crippen LogP contribution in [-0.2, 0) is 0 Å². The van der Waals surface area contributed by atoms with Crippen molar-refractivity contribution < 1.29 is 10.2 Å². The third-order valence-corrected chi connectivity index (χ3v) is 3.06. The lowest BCUT2D eigenvalue weighted by molar-refractivity contribution is 0.0241. The molecule has 2 rings (SSSR count). The van der Waals surface area contributed by atoms with Gasteiger partial charge in [-0.1, -0.05) is 12.1 Å². The molecule has 2 N–H and O–H groups in total. The summed E-state index contributed by atoms with van der Waals surface area (Å²) in [4.78, 5) is 2.14. The Morgan fingerprint density at radius 2 is 2.20 bits per heavy atom. The van der Waals surface area contributed by atoms with Gasteiger partial charge >= 0.3 is 0 Å². The summed E-state index contributed by atoms with van der Waals surface area (Å²) in [6.45, 7) is 0.997. The van der Waals surface area contributed by atoms with E-state index in [1.807, 2.05) is 19.2 Å². The van der Waals surface area contributed by atoms with Crippen LogP contribution in [0.25, 0.3) is 0 Å². The van der Waals surface area contributed by atoms with Gasteiger partial charge in [-0.15, -0.1) is 0 Å². The summed E-state index contributed by atoms with van der Waals surface area (Å²) in [6, 6.07) is 7.18. The van der Waals surface area contributed by atoms with Crippen LogP contribution in [0.3, 0.4) is 0 Å². The molecule has 3 heteroatoms. The second-order valence-electron chi connectivity index (χ2n) is 4.23. The van der Waals surface area contributed by atoms with E-state index in [0.717, 1.165) is 24.9 Å². The minimum Gasteiger partial charge on any atom is -0.508 e. The molecule has 0 spiro atoms. The van der Waals surface area contributed by atoms with Crippen LogP contribution in [0.1, 0.15) is 24.4 Å². The highest BCUT2D eigenvalue weighted by Crippen LogP contribution is 2.31. The first-order valence-electron chi connectivity index (χ1n) is 5.36. The Balaban J connectivity index is 2.27. The number of piperidine rings is 1. The van der Waals surface area contributed by atoms with Crippen molar-refractivity contribution >= 4 is 0 Å². The number of hydrogen-bond acceptors (Lipinski definition) is 3. The molecule has 1 aromatic carbocycles. The molecule has 1 aromatic rings. The van der Waals surface area contributed by atoms with Crippen LogP contribution in [0.5, 0.6) is 5.75 Å². The van der Waals surface area contributed by atoms with Gasteiger partial charge in [0.1, 0.15) is 5.75 Å². The summed E-state index contributed by atoms with van der Waals surface area (Å²) in [5, 5.41) is 19.4. The lowest BCUT2D eigenvalue weighted by Crippen LogP contribution is -2.39. The van der Waals surface area contributed by atoms with Crippen molar-refractivity contribution in [2.24, 2.45) is 0 Å². The standard InChI is InChI=1S/C12H17NO2/c1-13-7-3-6-11(15)12(13)9-4-2-5-10(14)8-9/h2,4-5,8,11-12,14-15H,3,6-7H2,1H3. The zero-order valence-corrected chi connectivity index (χ0v) is 8.93. The molecule has 0 saturated carbocycles. The van der Waals surface area contributed by atoms with Crippen LogP contribution in [-0.4, -0.2) is 34.8 Å². The average molecular weight is 207 g/mol. The monoisotopic (exact) mass is 207 g/mol. The van der Waals surface area contributed by atoms with Crippen molar-refractivity contribution in [1.29, 1.82) is 0 Å². The number of nitrogens with zero attached hydrogens (tertiary/aromatic N) is 1. The maximum absolute atomic E-state index is 9.96. The predicted octanol–water partition coefficient (Wildman–Crippen LogP) is 1.52. The first kappa shape index (κ1) is 10.5. The largest absolute Gasteiger partial charge is 0.508 e. The van der Waals surface area contributed by atoms with E-state index in [9.17, 15) is 10.2 Å². The van der Waals surface area contributed by atoms with Gasteiger partial charge in [-0.05, 0) is 44.1 Å². The molecule has 15 heavy (non-hydrogen) atoms. The zero-order chi connectivity index (χ0) is 10.8.